The fraction of sp³-hybridized carbons (Fsp3) is 0. The van der Waals surface area contributed by atoms with Crippen LogP contribution in [0, 0.1) is 16.2 Å². The molecule has 0 unspecified atom stereocenters. The summed E-state index contributed by atoms with van der Waals surface area (Å²) in [5.74, 6) is -0.522. The average Bonchev–Trinajstić information content (AvgIpc) is 2.30. The third-order valence-electron chi connectivity index (χ3n) is 2.16. The number of hydrogen-bond acceptors (Lipinski definition) is 4. The van der Waals surface area contributed by atoms with Crippen LogP contribution in [0.3, 0.4) is 0 Å². The van der Waals surface area contributed by atoms with Gasteiger partial charge in [-0.1, -0.05) is 0 Å². The van der Waals surface area contributed by atoms with E-state index in [9.17, 15) is 14.8 Å². The molecule has 0 atom stereocenters. The van der Waals surface area contributed by atoms with Crippen LogP contribution in [-0.4, -0.2) is 4.98 Å². The van der Waals surface area contributed by atoms with E-state index in [-0.39, 0.29) is 11.4 Å². The first-order chi connectivity index (χ1) is 8.16. The molecule has 0 aliphatic carbocycles. The molecule has 0 radical (unpaired) electrons. The number of benzene rings is 1. The maximum Gasteiger partial charge on any atom is 0.155 e. The quantitative estimate of drug-likeness (QED) is 0.788. The van der Waals surface area contributed by atoms with Crippen molar-refractivity contribution in [3.63, 3.8) is 0 Å². The van der Waals surface area contributed by atoms with Gasteiger partial charge >= 0.3 is 0 Å². The van der Waals surface area contributed by atoms with Gasteiger partial charge in [0.1, 0.15) is 11.5 Å². The van der Waals surface area contributed by atoms with E-state index in [0.29, 0.717) is 5.69 Å². The zero-order chi connectivity index (χ0) is 12.3. The Morgan fingerprint density at radius 3 is 2.47 bits per heavy atom. The number of anilines is 2. The van der Waals surface area contributed by atoms with Gasteiger partial charge in [-0.05, 0) is 18.2 Å². The predicted octanol–water partition coefficient (Wildman–Crippen LogP) is 1.48. The zero-order valence-corrected chi connectivity index (χ0v) is 8.68. The Labute approximate surface area is 96.7 Å². The smallest absolute Gasteiger partial charge is 0.155 e. The van der Waals surface area contributed by atoms with Crippen LogP contribution in [0.1, 0.15) is 0 Å². The van der Waals surface area contributed by atoms with E-state index in [1.54, 1.807) is 24.5 Å². The molecule has 0 amide bonds. The van der Waals surface area contributed by atoms with Crippen molar-refractivity contribution in [3.8, 4) is 0 Å². The van der Waals surface area contributed by atoms with Gasteiger partial charge in [0.25, 0.3) is 0 Å². The second-order valence-corrected chi connectivity index (χ2v) is 3.34. The summed E-state index contributed by atoms with van der Waals surface area (Å²) in [7, 11) is 0. The Balaban J connectivity index is 2.34. The lowest BCUT2D eigenvalue weighted by molar-refractivity contribution is -0.714. The van der Waals surface area contributed by atoms with Crippen molar-refractivity contribution in [2.45, 2.75) is 0 Å². The number of hydrogen-bond donors (Lipinski definition) is 2. The molecule has 2 N–H and O–H groups in total. The maximum atomic E-state index is 13.0. The van der Waals surface area contributed by atoms with Crippen molar-refractivity contribution < 1.29 is 9.62 Å². The standard InChI is InChI=1S/C11H9FN3O2/c12-8-1-2-11(15(16)17)10(7-8)14-9-3-5-13-6-4-9/h1-7,15H,(H,13,14)/q-1. The third-order valence-corrected chi connectivity index (χ3v) is 2.16. The van der Waals surface area contributed by atoms with Crippen molar-refractivity contribution in [1.29, 1.82) is 0 Å². The molecule has 17 heavy (non-hydrogen) atoms. The first-order valence-electron chi connectivity index (χ1n) is 4.85. The van der Waals surface area contributed by atoms with Gasteiger partial charge in [-0.3, -0.25) is 4.98 Å². The lowest BCUT2D eigenvalue weighted by Crippen LogP contribution is -2.96. The van der Waals surface area contributed by atoms with Gasteiger partial charge in [0.2, 0.25) is 0 Å². The Morgan fingerprint density at radius 2 is 1.82 bits per heavy atom. The molecule has 0 saturated heterocycles. The highest BCUT2D eigenvalue weighted by Crippen LogP contribution is 2.23. The van der Waals surface area contributed by atoms with Crippen LogP contribution in [0.2, 0.25) is 0 Å². The minimum absolute atomic E-state index is 0.0942. The van der Waals surface area contributed by atoms with Crippen molar-refractivity contribution in [2.75, 3.05) is 5.32 Å². The van der Waals surface area contributed by atoms with Gasteiger partial charge in [0, 0.05) is 30.2 Å². The highest BCUT2D eigenvalue weighted by molar-refractivity contribution is 5.69. The van der Waals surface area contributed by atoms with Crippen molar-refractivity contribution in [3.05, 3.63) is 59.0 Å². The van der Waals surface area contributed by atoms with Crippen molar-refractivity contribution in [1.82, 2.24) is 4.98 Å². The van der Waals surface area contributed by atoms with Crippen LogP contribution in [0.4, 0.5) is 21.5 Å². The predicted molar refractivity (Wildman–Crippen MR) is 61.3 cm³/mol. The SMILES string of the molecule is [O-][NH+]([O-])c1ccc(F)cc1Nc1ccncc1. The fourth-order valence-corrected chi connectivity index (χ4v) is 1.39. The van der Waals surface area contributed by atoms with Crippen LogP contribution in [0.15, 0.2) is 42.7 Å². The second kappa shape index (κ2) is 4.88. The molecule has 0 aliphatic rings. The number of quaternary nitrogens is 1. The highest BCUT2D eigenvalue weighted by Gasteiger charge is 2.07. The van der Waals surface area contributed by atoms with Crippen molar-refractivity contribution >= 4 is 17.1 Å². The average molecular weight is 234 g/mol. The van der Waals surface area contributed by atoms with Gasteiger partial charge in [0.05, 0.1) is 0 Å². The largest absolute Gasteiger partial charge is 0.628 e. The van der Waals surface area contributed by atoms with Gasteiger partial charge in [-0.2, -0.15) is 0 Å². The topological polar surface area (TPSA) is 75.5 Å². The molecule has 88 valence electrons. The van der Waals surface area contributed by atoms with Crippen LogP contribution < -0.4 is 10.5 Å². The molecular formula is C11H9FN3O2-. The molecule has 0 fully saturated rings. The maximum absolute atomic E-state index is 13.0. The summed E-state index contributed by atoms with van der Waals surface area (Å²) in [5, 5.41) is 23.1. The number of nitrogens with one attached hydrogen (secondary N) is 2. The summed E-state index contributed by atoms with van der Waals surface area (Å²) in [4.78, 5) is 3.82. The van der Waals surface area contributed by atoms with E-state index < -0.39 is 11.0 Å². The lowest BCUT2D eigenvalue weighted by atomic mass is 10.2. The van der Waals surface area contributed by atoms with Crippen LogP contribution in [0.5, 0.6) is 0 Å². The second-order valence-electron chi connectivity index (χ2n) is 3.34. The van der Waals surface area contributed by atoms with Gasteiger partial charge in [-0.25, -0.2) is 4.39 Å². The molecule has 0 spiro atoms. The van der Waals surface area contributed by atoms with Gasteiger partial charge in [-0.15, -0.1) is 0 Å². The number of nitrogens with zero attached hydrogens (tertiary/aromatic N) is 1. The zero-order valence-electron chi connectivity index (χ0n) is 8.68. The summed E-state index contributed by atoms with van der Waals surface area (Å²) in [6.07, 6.45) is 3.08. The van der Waals surface area contributed by atoms with E-state index in [1.165, 1.54) is 0 Å². The van der Waals surface area contributed by atoms with Crippen molar-refractivity contribution in [2.24, 2.45) is 0 Å². The molecule has 6 heteroatoms. The molecule has 0 saturated carbocycles. The van der Waals surface area contributed by atoms with E-state index in [4.69, 9.17) is 0 Å². The van der Waals surface area contributed by atoms with E-state index >= 15 is 0 Å². The Hall–Kier alpha value is -2.02. The Bertz CT molecular complexity index is 505. The number of halogens is 1. The number of aromatic nitrogens is 1. The Kier molecular flexibility index (Phi) is 3.29. The molecule has 2 aromatic rings. The third kappa shape index (κ3) is 2.76. The van der Waals surface area contributed by atoms with Gasteiger partial charge in [0.15, 0.2) is 5.69 Å². The summed E-state index contributed by atoms with van der Waals surface area (Å²) in [6, 6.07) is 6.62. The van der Waals surface area contributed by atoms with Crippen LogP contribution in [0.25, 0.3) is 0 Å². The number of pyridine rings is 1. The minimum Gasteiger partial charge on any atom is -0.628 e. The number of rotatable bonds is 3. The molecule has 1 aromatic carbocycles. The molecule has 1 heterocycles. The molecule has 0 aliphatic heterocycles. The normalized spacial score (nSPS) is 10.6. The van der Waals surface area contributed by atoms with Crippen LogP contribution >= 0.6 is 0 Å². The van der Waals surface area contributed by atoms with E-state index in [2.05, 4.69) is 10.3 Å². The van der Waals surface area contributed by atoms with E-state index in [0.717, 1.165) is 18.2 Å². The monoisotopic (exact) mass is 234 g/mol. The summed E-state index contributed by atoms with van der Waals surface area (Å²) in [5.41, 5.74) is 0.674. The summed E-state index contributed by atoms with van der Waals surface area (Å²) < 4.78 is 13.0. The fourth-order valence-electron chi connectivity index (χ4n) is 1.39. The van der Waals surface area contributed by atoms with E-state index in [1.807, 2.05) is 0 Å². The molecule has 2 rings (SSSR count). The lowest BCUT2D eigenvalue weighted by Gasteiger charge is -2.27. The Morgan fingerprint density at radius 1 is 1.12 bits per heavy atom. The highest BCUT2D eigenvalue weighted by atomic mass is 19.1. The minimum atomic E-state index is -1.36. The summed E-state index contributed by atoms with van der Waals surface area (Å²) in [6.45, 7) is 0. The first-order valence-corrected chi connectivity index (χ1v) is 4.85. The van der Waals surface area contributed by atoms with Gasteiger partial charge < -0.3 is 21.0 Å². The molecular weight excluding hydrogens is 225 g/mol. The molecule has 1 aromatic heterocycles. The molecule has 5 nitrogen and oxygen atoms in total. The molecule has 0 bridgehead atoms. The van der Waals surface area contributed by atoms with Crippen LogP contribution in [-0.2, 0) is 0 Å². The summed E-state index contributed by atoms with van der Waals surface area (Å²) >= 11 is 0. The first kappa shape index (κ1) is 11.5.